The van der Waals surface area contributed by atoms with Crippen molar-refractivity contribution in [2.24, 2.45) is 0 Å². The highest BCUT2D eigenvalue weighted by Gasteiger charge is 2.17. The summed E-state index contributed by atoms with van der Waals surface area (Å²) < 4.78 is 2.60. The fourth-order valence-electron chi connectivity index (χ4n) is 2.48. The first-order valence-electron chi connectivity index (χ1n) is 7.72. The number of nitrogens with zero attached hydrogens (tertiary/aromatic N) is 4. The van der Waals surface area contributed by atoms with Gasteiger partial charge in [0.1, 0.15) is 5.01 Å². The summed E-state index contributed by atoms with van der Waals surface area (Å²) in [6.07, 6.45) is 0. The first kappa shape index (κ1) is 17.2. The van der Waals surface area contributed by atoms with E-state index in [1.807, 2.05) is 54.8 Å². The van der Waals surface area contributed by atoms with Crippen molar-refractivity contribution >= 4 is 44.7 Å². The van der Waals surface area contributed by atoms with Gasteiger partial charge in [-0.05, 0) is 36.8 Å². The Morgan fingerprint density at radius 3 is 2.65 bits per heavy atom. The van der Waals surface area contributed by atoms with Crippen molar-refractivity contribution < 1.29 is 0 Å². The Bertz CT molecular complexity index is 1090. The first-order valence-corrected chi connectivity index (χ1v) is 9.77. The molecule has 0 saturated heterocycles. The number of rotatable bonds is 3. The Labute approximate surface area is 167 Å². The molecule has 2 N–H and O–H groups in total. The van der Waals surface area contributed by atoms with E-state index < -0.39 is 0 Å². The maximum atomic E-state index is 6.28. The van der Waals surface area contributed by atoms with E-state index in [0.29, 0.717) is 16.5 Å². The van der Waals surface area contributed by atoms with Crippen LogP contribution in [0.1, 0.15) is 5.56 Å². The van der Waals surface area contributed by atoms with E-state index in [2.05, 4.69) is 31.2 Å². The van der Waals surface area contributed by atoms with Gasteiger partial charge in [-0.15, -0.1) is 16.4 Å². The minimum absolute atomic E-state index is 0.432. The summed E-state index contributed by atoms with van der Waals surface area (Å²) in [6, 6.07) is 13.6. The zero-order valence-corrected chi connectivity index (χ0v) is 16.8. The molecule has 2 aromatic heterocycles. The van der Waals surface area contributed by atoms with E-state index in [-0.39, 0.29) is 0 Å². The van der Waals surface area contributed by atoms with Crippen LogP contribution in [0.15, 0.2) is 52.3 Å². The number of hydrogen-bond donors (Lipinski definition) is 1. The first-order chi connectivity index (χ1) is 12.5. The van der Waals surface area contributed by atoms with Crippen molar-refractivity contribution in [3.63, 3.8) is 0 Å². The molecule has 0 bridgehead atoms. The maximum Gasteiger partial charge on any atom is 0.165 e. The second-order valence-electron chi connectivity index (χ2n) is 5.71. The molecule has 26 heavy (non-hydrogen) atoms. The van der Waals surface area contributed by atoms with E-state index in [4.69, 9.17) is 17.3 Å². The van der Waals surface area contributed by atoms with Gasteiger partial charge in [-0.25, -0.2) is 4.98 Å². The van der Waals surface area contributed by atoms with Gasteiger partial charge in [0.05, 0.1) is 11.4 Å². The van der Waals surface area contributed by atoms with Crippen LogP contribution in [0.25, 0.3) is 27.6 Å². The SMILES string of the molecule is Cc1ccc(-n2nnc(-c3nc(-c4ccc(Br)cc4)cs3)c2N)cc1Cl. The molecule has 130 valence electrons. The lowest BCUT2D eigenvalue weighted by atomic mass is 10.2. The highest BCUT2D eigenvalue weighted by atomic mass is 79.9. The zero-order chi connectivity index (χ0) is 18.3. The lowest BCUT2D eigenvalue weighted by Gasteiger charge is -2.05. The zero-order valence-electron chi connectivity index (χ0n) is 13.6. The minimum atomic E-state index is 0.432. The van der Waals surface area contributed by atoms with Crippen LogP contribution in [-0.4, -0.2) is 20.0 Å². The molecule has 0 aliphatic rings. The van der Waals surface area contributed by atoms with E-state index in [1.165, 1.54) is 11.3 Å². The van der Waals surface area contributed by atoms with Crippen molar-refractivity contribution in [3.05, 3.63) is 62.9 Å². The minimum Gasteiger partial charge on any atom is -0.382 e. The molecule has 0 amide bonds. The molecule has 2 aromatic carbocycles. The van der Waals surface area contributed by atoms with Crippen molar-refractivity contribution in [1.82, 2.24) is 20.0 Å². The molecule has 0 aliphatic heterocycles. The maximum absolute atomic E-state index is 6.28. The Kier molecular flexibility index (Phi) is 4.52. The van der Waals surface area contributed by atoms with E-state index in [0.717, 1.165) is 32.0 Å². The summed E-state index contributed by atoms with van der Waals surface area (Å²) in [5, 5.41) is 11.8. The van der Waals surface area contributed by atoms with Crippen LogP contribution in [0.3, 0.4) is 0 Å². The molecule has 0 saturated carbocycles. The highest BCUT2D eigenvalue weighted by Crippen LogP contribution is 2.32. The molecule has 0 fully saturated rings. The van der Waals surface area contributed by atoms with Crippen LogP contribution in [-0.2, 0) is 0 Å². The number of anilines is 1. The van der Waals surface area contributed by atoms with Crippen LogP contribution in [0, 0.1) is 6.92 Å². The smallest absolute Gasteiger partial charge is 0.165 e. The van der Waals surface area contributed by atoms with Crippen LogP contribution >= 0.6 is 38.9 Å². The molecule has 0 atom stereocenters. The van der Waals surface area contributed by atoms with Crippen LogP contribution < -0.4 is 5.73 Å². The number of nitrogen functional groups attached to an aromatic ring is 1. The molecule has 0 aliphatic carbocycles. The van der Waals surface area contributed by atoms with Gasteiger partial charge in [0.2, 0.25) is 0 Å². The number of halogens is 2. The normalized spacial score (nSPS) is 11.0. The summed E-state index contributed by atoms with van der Waals surface area (Å²) in [4.78, 5) is 4.66. The Hall–Kier alpha value is -2.22. The number of aryl methyl sites for hydroxylation is 1. The Balaban J connectivity index is 1.70. The summed E-state index contributed by atoms with van der Waals surface area (Å²) in [5.74, 6) is 0.432. The van der Waals surface area contributed by atoms with Gasteiger partial charge in [-0.3, -0.25) is 0 Å². The topological polar surface area (TPSA) is 69.6 Å². The fraction of sp³-hybridized carbons (Fsp3) is 0.0556. The summed E-state index contributed by atoms with van der Waals surface area (Å²) in [7, 11) is 0. The van der Waals surface area contributed by atoms with Gasteiger partial charge < -0.3 is 5.73 Å². The third kappa shape index (κ3) is 3.13. The van der Waals surface area contributed by atoms with Crippen LogP contribution in [0.4, 0.5) is 5.82 Å². The number of aromatic nitrogens is 4. The average Bonchev–Trinajstić information content (AvgIpc) is 3.25. The molecule has 0 radical (unpaired) electrons. The number of hydrogen-bond acceptors (Lipinski definition) is 5. The molecule has 4 rings (SSSR count). The van der Waals surface area contributed by atoms with Gasteiger partial charge in [0, 0.05) is 20.4 Å². The standard InChI is InChI=1S/C18H13BrClN5S/c1-10-2-7-13(8-14(10)20)25-17(21)16(23-24-25)18-22-15(9-26-18)11-3-5-12(19)6-4-11/h2-9H,21H2,1H3. The monoisotopic (exact) mass is 445 g/mol. The molecule has 0 spiro atoms. The second-order valence-corrected chi connectivity index (χ2v) is 7.89. The molecule has 8 heteroatoms. The predicted octanol–water partition coefficient (Wildman–Crippen LogP) is 5.36. The largest absolute Gasteiger partial charge is 0.382 e. The van der Waals surface area contributed by atoms with Crippen LogP contribution in [0.2, 0.25) is 5.02 Å². The molecule has 5 nitrogen and oxygen atoms in total. The van der Waals surface area contributed by atoms with Crippen LogP contribution in [0.5, 0.6) is 0 Å². The lowest BCUT2D eigenvalue weighted by molar-refractivity contribution is 0.810. The van der Waals surface area contributed by atoms with Crippen molar-refractivity contribution in [1.29, 1.82) is 0 Å². The van der Waals surface area contributed by atoms with Crippen molar-refractivity contribution in [2.45, 2.75) is 6.92 Å². The van der Waals surface area contributed by atoms with Crippen molar-refractivity contribution in [3.8, 4) is 27.6 Å². The second kappa shape index (κ2) is 6.83. The molecule has 0 unspecified atom stereocenters. The molecular formula is C18H13BrClN5S. The summed E-state index contributed by atoms with van der Waals surface area (Å²) in [5.41, 5.74) is 10.5. The Morgan fingerprint density at radius 1 is 1.15 bits per heavy atom. The third-order valence-corrected chi connectivity index (χ3v) is 5.74. The van der Waals surface area contributed by atoms with Gasteiger partial charge in [0.25, 0.3) is 0 Å². The summed E-state index contributed by atoms with van der Waals surface area (Å²) >= 11 is 11.1. The highest BCUT2D eigenvalue weighted by molar-refractivity contribution is 9.10. The summed E-state index contributed by atoms with van der Waals surface area (Å²) in [6.45, 7) is 1.95. The van der Waals surface area contributed by atoms with E-state index >= 15 is 0 Å². The van der Waals surface area contributed by atoms with Gasteiger partial charge in [-0.1, -0.05) is 50.9 Å². The van der Waals surface area contributed by atoms with Crippen molar-refractivity contribution in [2.75, 3.05) is 5.73 Å². The lowest BCUT2D eigenvalue weighted by Crippen LogP contribution is -2.02. The quantitative estimate of drug-likeness (QED) is 0.459. The number of nitrogens with two attached hydrogens (primary N) is 1. The fourth-order valence-corrected chi connectivity index (χ4v) is 3.74. The van der Waals surface area contributed by atoms with E-state index in [9.17, 15) is 0 Å². The number of benzene rings is 2. The molecule has 4 aromatic rings. The van der Waals surface area contributed by atoms with Gasteiger partial charge in [0.15, 0.2) is 11.5 Å². The van der Waals surface area contributed by atoms with Gasteiger partial charge in [-0.2, -0.15) is 4.68 Å². The molecule has 2 heterocycles. The van der Waals surface area contributed by atoms with E-state index in [1.54, 1.807) is 4.68 Å². The molecular weight excluding hydrogens is 434 g/mol. The average molecular weight is 447 g/mol. The van der Waals surface area contributed by atoms with Gasteiger partial charge >= 0.3 is 0 Å². The third-order valence-electron chi connectivity index (χ3n) is 3.95. The number of thiazole rings is 1. The Morgan fingerprint density at radius 2 is 1.92 bits per heavy atom. The predicted molar refractivity (Wildman–Crippen MR) is 110 cm³/mol.